The van der Waals surface area contributed by atoms with Crippen molar-refractivity contribution in [2.24, 2.45) is 0 Å². The molecule has 0 aliphatic rings. The van der Waals surface area contributed by atoms with Gasteiger partial charge in [0.15, 0.2) is 6.10 Å². The maximum atomic E-state index is 11.9. The molecule has 22 heavy (non-hydrogen) atoms. The number of phenolic OH excluding ortho intramolecular Hbond substituents is 1. The van der Waals surface area contributed by atoms with Crippen LogP contribution < -0.4 is 5.32 Å². The highest BCUT2D eigenvalue weighted by molar-refractivity contribution is 5.96. The van der Waals surface area contributed by atoms with E-state index in [-0.39, 0.29) is 17.2 Å². The highest BCUT2D eigenvalue weighted by Crippen LogP contribution is 2.18. The number of carbonyl (C=O) groups is 2. The lowest BCUT2D eigenvalue weighted by Gasteiger charge is -2.12. The summed E-state index contributed by atoms with van der Waals surface area (Å²) in [5.41, 5.74) is 1.43. The van der Waals surface area contributed by atoms with E-state index in [9.17, 15) is 14.7 Å². The molecule has 0 radical (unpaired) electrons. The van der Waals surface area contributed by atoms with E-state index >= 15 is 0 Å². The first kappa shape index (κ1) is 15.6. The molecule has 1 aromatic carbocycles. The molecule has 0 spiro atoms. The van der Waals surface area contributed by atoms with Crippen LogP contribution in [0.2, 0.25) is 0 Å². The standard InChI is InChI=1S/C15H16N2O5/c1-8-4-5-11(7-12(8)18)15(20)21-10(3)14(19)16-13-6-9(2)17-22-13/h4-7,10,18H,1-3H3,(H,16,19). The number of hydrogen-bond donors (Lipinski definition) is 2. The number of nitrogens with zero attached hydrogens (tertiary/aromatic N) is 1. The van der Waals surface area contributed by atoms with Crippen molar-refractivity contribution in [2.45, 2.75) is 26.9 Å². The summed E-state index contributed by atoms with van der Waals surface area (Å²) in [4.78, 5) is 23.8. The molecule has 2 aromatic rings. The van der Waals surface area contributed by atoms with Gasteiger partial charge in [-0.2, -0.15) is 0 Å². The molecule has 1 unspecified atom stereocenters. The van der Waals surface area contributed by atoms with E-state index in [4.69, 9.17) is 9.26 Å². The Morgan fingerprint density at radius 2 is 2.05 bits per heavy atom. The van der Waals surface area contributed by atoms with E-state index < -0.39 is 18.0 Å². The molecule has 0 saturated carbocycles. The Hall–Kier alpha value is -2.83. The number of aromatic hydroxyl groups is 1. The maximum Gasteiger partial charge on any atom is 0.339 e. The smallest absolute Gasteiger partial charge is 0.339 e. The van der Waals surface area contributed by atoms with Crippen molar-refractivity contribution in [1.82, 2.24) is 5.16 Å². The van der Waals surface area contributed by atoms with Crippen molar-refractivity contribution in [3.8, 4) is 5.75 Å². The molecule has 1 heterocycles. The van der Waals surface area contributed by atoms with Gasteiger partial charge in [0.25, 0.3) is 5.91 Å². The van der Waals surface area contributed by atoms with Crippen LogP contribution >= 0.6 is 0 Å². The Morgan fingerprint density at radius 3 is 2.64 bits per heavy atom. The molecule has 1 aromatic heterocycles. The van der Waals surface area contributed by atoms with E-state index in [1.54, 1.807) is 26.0 Å². The highest BCUT2D eigenvalue weighted by atomic mass is 16.5. The van der Waals surface area contributed by atoms with Crippen LogP contribution in [0.3, 0.4) is 0 Å². The fourth-order valence-corrected chi connectivity index (χ4v) is 1.66. The molecule has 7 nitrogen and oxygen atoms in total. The van der Waals surface area contributed by atoms with Crippen LogP contribution in [-0.4, -0.2) is 28.2 Å². The zero-order chi connectivity index (χ0) is 16.3. The number of phenols is 1. The molecular formula is C15H16N2O5. The Kier molecular flexibility index (Phi) is 4.45. The van der Waals surface area contributed by atoms with E-state index in [0.717, 1.165) is 0 Å². The minimum atomic E-state index is -1.03. The van der Waals surface area contributed by atoms with Gasteiger partial charge < -0.3 is 14.4 Å². The van der Waals surface area contributed by atoms with E-state index in [1.807, 2.05) is 0 Å². The van der Waals surface area contributed by atoms with Gasteiger partial charge in [-0.05, 0) is 38.5 Å². The van der Waals surface area contributed by atoms with Crippen LogP contribution in [-0.2, 0) is 9.53 Å². The number of carbonyl (C=O) groups excluding carboxylic acids is 2. The number of aromatic nitrogens is 1. The lowest BCUT2D eigenvalue weighted by Crippen LogP contribution is -2.29. The van der Waals surface area contributed by atoms with Crippen LogP contribution in [0.15, 0.2) is 28.8 Å². The second-order valence-electron chi connectivity index (χ2n) is 4.87. The minimum Gasteiger partial charge on any atom is -0.508 e. The number of hydrogen-bond acceptors (Lipinski definition) is 6. The summed E-state index contributed by atoms with van der Waals surface area (Å²) in [5, 5.41) is 15.7. The number of amides is 1. The summed E-state index contributed by atoms with van der Waals surface area (Å²) in [6.07, 6.45) is -1.03. The summed E-state index contributed by atoms with van der Waals surface area (Å²) >= 11 is 0. The lowest BCUT2D eigenvalue weighted by molar-refractivity contribution is -0.123. The third-order valence-electron chi connectivity index (χ3n) is 2.97. The van der Waals surface area contributed by atoms with Gasteiger partial charge in [-0.3, -0.25) is 10.1 Å². The van der Waals surface area contributed by atoms with Crippen molar-refractivity contribution >= 4 is 17.8 Å². The van der Waals surface area contributed by atoms with Crippen molar-refractivity contribution in [3.05, 3.63) is 41.1 Å². The summed E-state index contributed by atoms with van der Waals surface area (Å²) < 4.78 is 9.90. The summed E-state index contributed by atoms with van der Waals surface area (Å²) in [7, 11) is 0. The topological polar surface area (TPSA) is 102 Å². The fraction of sp³-hybridized carbons (Fsp3) is 0.267. The predicted octanol–water partition coefficient (Wildman–Crippen LogP) is 2.18. The first-order valence-electron chi connectivity index (χ1n) is 6.61. The molecule has 0 fully saturated rings. The molecule has 7 heteroatoms. The van der Waals surface area contributed by atoms with E-state index in [2.05, 4.69) is 10.5 Å². The number of nitrogens with one attached hydrogen (secondary N) is 1. The van der Waals surface area contributed by atoms with E-state index in [1.165, 1.54) is 19.1 Å². The third-order valence-corrected chi connectivity index (χ3v) is 2.97. The quantitative estimate of drug-likeness (QED) is 0.839. The lowest BCUT2D eigenvalue weighted by atomic mass is 10.1. The second-order valence-corrected chi connectivity index (χ2v) is 4.87. The average Bonchev–Trinajstić information content (AvgIpc) is 2.86. The molecule has 0 aliphatic heterocycles. The summed E-state index contributed by atoms with van der Waals surface area (Å²) in [5.74, 6) is -1.07. The number of esters is 1. The first-order chi connectivity index (χ1) is 10.4. The van der Waals surface area contributed by atoms with Gasteiger partial charge in [-0.15, -0.1) is 0 Å². The van der Waals surface area contributed by atoms with Crippen molar-refractivity contribution in [2.75, 3.05) is 5.32 Å². The van der Waals surface area contributed by atoms with Gasteiger partial charge in [-0.25, -0.2) is 4.79 Å². The van der Waals surface area contributed by atoms with E-state index in [0.29, 0.717) is 11.3 Å². The van der Waals surface area contributed by atoms with Gasteiger partial charge in [0, 0.05) is 6.07 Å². The Balaban J connectivity index is 1.98. The van der Waals surface area contributed by atoms with Crippen LogP contribution in [0, 0.1) is 13.8 Å². The third kappa shape index (κ3) is 3.63. The Bertz CT molecular complexity index is 708. The molecule has 1 atom stereocenters. The molecule has 116 valence electrons. The number of rotatable bonds is 4. The average molecular weight is 304 g/mol. The molecular weight excluding hydrogens is 288 g/mol. The number of aryl methyl sites for hydroxylation is 2. The van der Waals surface area contributed by atoms with Gasteiger partial charge in [0.2, 0.25) is 5.88 Å². The highest BCUT2D eigenvalue weighted by Gasteiger charge is 2.20. The molecule has 0 aliphatic carbocycles. The normalized spacial score (nSPS) is 11.8. The largest absolute Gasteiger partial charge is 0.508 e. The zero-order valence-corrected chi connectivity index (χ0v) is 12.4. The molecule has 0 bridgehead atoms. The second kappa shape index (κ2) is 6.30. The summed E-state index contributed by atoms with van der Waals surface area (Å²) in [6, 6.07) is 5.95. The van der Waals surface area contributed by atoms with Crippen LogP contribution in [0.5, 0.6) is 5.75 Å². The van der Waals surface area contributed by atoms with Gasteiger partial charge in [-0.1, -0.05) is 11.2 Å². The summed E-state index contributed by atoms with van der Waals surface area (Å²) in [6.45, 7) is 4.86. The Morgan fingerprint density at radius 1 is 1.32 bits per heavy atom. The van der Waals surface area contributed by atoms with Crippen molar-refractivity contribution < 1.29 is 24.0 Å². The first-order valence-corrected chi connectivity index (χ1v) is 6.61. The van der Waals surface area contributed by atoms with Crippen molar-refractivity contribution in [1.29, 1.82) is 0 Å². The maximum absolute atomic E-state index is 11.9. The molecule has 1 amide bonds. The van der Waals surface area contributed by atoms with Crippen molar-refractivity contribution in [3.63, 3.8) is 0 Å². The SMILES string of the molecule is Cc1cc(NC(=O)C(C)OC(=O)c2ccc(C)c(O)c2)on1. The van der Waals surface area contributed by atoms with Crippen LogP contribution in [0.25, 0.3) is 0 Å². The predicted molar refractivity (Wildman–Crippen MR) is 77.6 cm³/mol. The van der Waals surface area contributed by atoms with Gasteiger partial charge in [0.05, 0.1) is 11.3 Å². The molecule has 0 saturated heterocycles. The minimum absolute atomic E-state index is 0.0105. The molecule has 2 rings (SSSR count). The van der Waals surface area contributed by atoms with Crippen LogP contribution in [0.4, 0.5) is 5.88 Å². The fourth-order valence-electron chi connectivity index (χ4n) is 1.66. The number of ether oxygens (including phenoxy) is 1. The monoisotopic (exact) mass is 304 g/mol. The number of anilines is 1. The van der Waals surface area contributed by atoms with Gasteiger partial charge >= 0.3 is 5.97 Å². The zero-order valence-electron chi connectivity index (χ0n) is 12.4. The Labute approximate surface area is 126 Å². The van der Waals surface area contributed by atoms with Crippen LogP contribution in [0.1, 0.15) is 28.5 Å². The number of benzene rings is 1. The van der Waals surface area contributed by atoms with Gasteiger partial charge in [0.1, 0.15) is 5.75 Å². The molecule has 2 N–H and O–H groups in total.